The van der Waals surface area contributed by atoms with Crippen LogP contribution in [0.1, 0.15) is 43.1 Å². The van der Waals surface area contributed by atoms with Crippen molar-refractivity contribution in [2.24, 2.45) is 0 Å². The van der Waals surface area contributed by atoms with Crippen molar-refractivity contribution in [1.29, 1.82) is 0 Å². The second kappa shape index (κ2) is 10.5. The second-order valence-corrected chi connectivity index (χ2v) is 6.81. The lowest BCUT2D eigenvalue weighted by Gasteiger charge is -2.23. The molecule has 0 radical (unpaired) electrons. The van der Waals surface area contributed by atoms with Crippen molar-refractivity contribution in [1.82, 2.24) is 4.90 Å². The average molecular weight is 382 g/mol. The Hall–Kier alpha value is -2.82. The fraction of sp³-hybridized carbons (Fsp3) is 0.391. The van der Waals surface area contributed by atoms with E-state index in [1.54, 1.807) is 4.90 Å². The van der Waals surface area contributed by atoms with Gasteiger partial charge in [-0.3, -0.25) is 9.59 Å². The molecule has 2 aromatic carbocycles. The molecule has 28 heavy (non-hydrogen) atoms. The van der Waals surface area contributed by atoms with E-state index in [2.05, 4.69) is 24.1 Å². The van der Waals surface area contributed by atoms with Crippen LogP contribution < -0.4 is 10.2 Å². The number of hydrogen-bond acceptors (Lipinski definition) is 3. The highest BCUT2D eigenvalue weighted by molar-refractivity contribution is 5.99. The quantitative estimate of drug-likeness (QED) is 0.703. The summed E-state index contributed by atoms with van der Waals surface area (Å²) in [5.41, 5.74) is 3.48. The van der Waals surface area contributed by atoms with E-state index in [-0.39, 0.29) is 18.4 Å². The van der Waals surface area contributed by atoms with Gasteiger partial charge >= 0.3 is 0 Å². The van der Waals surface area contributed by atoms with Gasteiger partial charge in [0.1, 0.15) is 6.54 Å². The molecule has 1 N–H and O–H groups in total. The van der Waals surface area contributed by atoms with Gasteiger partial charge in [-0.25, -0.2) is 0 Å². The van der Waals surface area contributed by atoms with Crippen LogP contribution >= 0.6 is 0 Å². The number of amides is 2. The van der Waals surface area contributed by atoms with E-state index >= 15 is 0 Å². The fourth-order valence-electron chi connectivity index (χ4n) is 3.18. The highest BCUT2D eigenvalue weighted by Crippen LogP contribution is 2.17. The fourth-order valence-corrected chi connectivity index (χ4v) is 3.18. The van der Waals surface area contributed by atoms with E-state index in [1.807, 2.05) is 62.4 Å². The molecule has 2 aromatic rings. The Labute approximate surface area is 168 Å². The summed E-state index contributed by atoms with van der Waals surface area (Å²) in [6, 6.07) is 15.3. The minimum Gasteiger partial charge on any atom is -0.372 e. The summed E-state index contributed by atoms with van der Waals surface area (Å²) in [6.07, 6.45) is 0.793. The van der Waals surface area contributed by atoms with Crippen LogP contribution in [0.25, 0.3) is 0 Å². The minimum absolute atomic E-state index is 0.0405. The van der Waals surface area contributed by atoms with Gasteiger partial charge in [0.2, 0.25) is 5.91 Å². The molecule has 0 aliphatic carbocycles. The molecule has 0 saturated heterocycles. The summed E-state index contributed by atoms with van der Waals surface area (Å²) in [5.74, 6) is -0.302. The molecule has 5 nitrogen and oxygen atoms in total. The van der Waals surface area contributed by atoms with Crippen molar-refractivity contribution >= 4 is 23.2 Å². The van der Waals surface area contributed by atoms with Gasteiger partial charge in [0.25, 0.3) is 5.91 Å². The van der Waals surface area contributed by atoms with E-state index in [1.165, 1.54) is 0 Å². The van der Waals surface area contributed by atoms with Crippen molar-refractivity contribution in [3.63, 3.8) is 0 Å². The number of nitrogens with one attached hydrogen (secondary N) is 1. The minimum atomic E-state index is -0.184. The lowest BCUT2D eigenvalue weighted by molar-refractivity contribution is -0.116. The number of anilines is 2. The lowest BCUT2D eigenvalue weighted by atomic mass is 10.1. The number of carbonyl (C=O) groups excluding carboxylic acids is 2. The van der Waals surface area contributed by atoms with Crippen molar-refractivity contribution in [2.75, 3.05) is 36.4 Å². The Kier molecular flexibility index (Phi) is 8.05. The molecule has 0 fully saturated rings. The maximum absolute atomic E-state index is 12.9. The highest BCUT2D eigenvalue weighted by atomic mass is 16.2. The second-order valence-electron chi connectivity index (χ2n) is 6.81. The third kappa shape index (κ3) is 5.59. The van der Waals surface area contributed by atoms with Crippen LogP contribution in [0.4, 0.5) is 11.4 Å². The molecular formula is C23H31N3O2. The lowest BCUT2D eigenvalue weighted by Crippen LogP contribution is -2.38. The monoisotopic (exact) mass is 381 g/mol. The van der Waals surface area contributed by atoms with Crippen molar-refractivity contribution in [3.05, 3.63) is 59.7 Å². The van der Waals surface area contributed by atoms with E-state index < -0.39 is 0 Å². The summed E-state index contributed by atoms with van der Waals surface area (Å²) < 4.78 is 0. The van der Waals surface area contributed by atoms with Gasteiger partial charge in [0, 0.05) is 36.6 Å². The number of para-hydroxylation sites is 1. The van der Waals surface area contributed by atoms with Gasteiger partial charge in [0.05, 0.1) is 0 Å². The Morgan fingerprint density at radius 1 is 0.929 bits per heavy atom. The van der Waals surface area contributed by atoms with Crippen molar-refractivity contribution in [2.45, 2.75) is 34.1 Å². The van der Waals surface area contributed by atoms with E-state index in [4.69, 9.17) is 0 Å². The molecule has 0 aliphatic rings. The summed E-state index contributed by atoms with van der Waals surface area (Å²) in [5, 5.41) is 2.91. The zero-order valence-corrected chi connectivity index (χ0v) is 17.4. The molecule has 0 aromatic heterocycles. The van der Waals surface area contributed by atoms with Crippen LogP contribution in [-0.4, -0.2) is 42.9 Å². The molecule has 0 saturated carbocycles. The zero-order valence-electron chi connectivity index (χ0n) is 17.4. The topological polar surface area (TPSA) is 52.7 Å². The summed E-state index contributed by atoms with van der Waals surface area (Å²) in [6.45, 7) is 10.6. The van der Waals surface area contributed by atoms with Crippen LogP contribution in [0.3, 0.4) is 0 Å². The standard InChI is InChI=1S/C23H31N3O2/c1-5-16-26(17-22(27)24-21-11-9-8-10-18(21)4)23(28)19-12-14-20(15-13-19)25(6-2)7-3/h8-15H,5-7,16-17H2,1-4H3,(H,24,27). The smallest absolute Gasteiger partial charge is 0.254 e. The van der Waals surface area contributed by atoms with E-state index in [0.29, 0.717) is 12.1 Å². The molecule has 2 rings (SSSR count). The average Bonchev–Trinajstić information content (AvgIpc) is 2.70. The molecule has 0 aliphatic heterocycles. The van der Waals surface area contributed by atoms with Crippen LogP contribution in [0.2, 0.25) is 0 Å². The van der Waals surface area contributed by atoms with Crippen molar-refractivity contribution in [3.8, 4) is 0 Å². The molecule has 0 heterocycles. The first-order valence-corrected chi connectivity index (χ1v) is 9.99. The van der Waals surface area contributed by atoms with Gasteiger partial charge in [0.15, 0.2) is 0 Å². The van der Waals surface area contributed by atoms with Crippen LogP contribution in [0.5, 0.6) is 0 Å². The number of benzene rings is 2. The third-order valence-corrected chi connectivity index (χ3v) is 4.78. The number of carbonyl (C=O) groups is 2. The van der Waals surface area contributed by atoms with Crippen LogP contribution in [0.15, 0.2) is 48.5 Å². The molecule has 0 bridgehead atoms. The maximum atomic E-state index is 12.9. The predicted octanol–water partition coefficient (Wildman–Crippen LogP) is 4.33. The normalized spacial score (nSPS) is 10.4. The van der Waals surface area contributed by atoms with E-state index in [9.17, 15) is 9.59 Å². The van der Waals surface area contributed by atoms with Gasteiger partial charge < -0.3 is 15.1 Å². The summed E-state index contributed by atoms with van der Waals surface area (Å²) >= 11 is 0. The molecule has 150 valence electrons. The number of hydrogen-bond donors (Lipinski definition) is 1. The summed E-state index contributed by atoms with van der Waals surface area (Å²) in [7, 11) is 0. The van der Waals surface area contributed by atoms with Gasteiger partial charge in [-0.15, -0.1) is 0 Å². The van der Waals surface area contributed by atoms with Crippen molar-refractivity contribution < 1.29 is 9.59 Å². The number of aryl methyl sites for hydroxylation is 1. The Bertz CT molecular complexity index is 783. The number of rotatable bonds is 9. The molecule has 0 spiro atoms. The van der Waals surface area contributed by atoms with Gasteiger partial charge in [-0.1, -0.05) is 25.1 Å². The van der Waals surface area contributed by atoms with Gasteiger partial charge in [-0.05, 0) is 63.1 Å². The molecule has 0 unspecified atom stereocenters. The first-order chi connectivity index (χ1) is 13.5. The first-order valence-electron chi connectivity index (χ1n) is 9.99. The molecule has 5 heteroatoms. The summed E-state index contributed by atoms with van der Waals surface area (Å²) in [4.78, 5) is 29.3. The Balaban J connectivity index is 2.08. The van der Waals surface area contributed by atoms with Gasteiger partial charge in [-0.2, -0.15) is 0 Å². The maximum Gasteiger partial charge on any atom is 0.254 e. The zero-order chi connectivity index (χ0) is 20.5. The van der Waals surface area contributed by atoms with E-state index in [0.717, 1.165) is 36.4 Å². The molecular weight excluding hydrogens is 350 g/mol. The highest BCUT2D eigenvalue weighted by Gasteiger charge is 2.19. The first kappa shape index (κ1) is 21.5. The predicted molar refractivity (Wildman–Crippen MR) is 116 cm³/mol. The van der Waals surface area contributed by atoms with Crippen LogP contribution in [-0.2, 0) is 4.79 Å². The Morgan fingerprint density at radius 3 is 2.14 bits per heavy atom. The largest absolute Gasteiger partial charge is 0.372 e. The molecule has 2 amide bonds. The number of nitrogens with zero attached hydrogens (tertiary/aromatic N) is 2. The van der Waals surface area contributed by atoms with Crippen LogP contribution in [0, 0.1) is 6.92 Å². The Morgan fingerprint density at radius 2 is 1.57 bits per heavy atom. The molecule has 0 atom stereocenters. The third-order valence-electron chi connectivity index (χ3n) is 4.78. The SMILES string of the molecule is CCCN(CC(=O)Nc1ccccc1C)C(=O)c1ccc(N(CC)CC)cc1.